The molecule has 2 unspecified atom stereocenters. The lowest BCUT2D eigenvalue weighted by Gasteiger charge is -2.34. The summed E-state index contributed by atoms with van der Waals surface area (Å²) in [5.74, 6) is 2.24. The fourth-order valence-electron chi connectivity index (χ4n) is 3.84. The Labute approximate surface area is 139 Å². The van der Waals surface area contributed by atoms with Crippen LogP contribution in [0.15, 0.2) is 0 Å². The summed E-state index contributed by atoms with van der Waals surface area (Å²) in [7, 11) is 0. The molecule has 1 N–H and O–H groups in total. The van der Waals surface area contributed by atoms with E-state index in [2.05, 4.69) is 18.2 Å². The first-order chi connectivity index (χ1) is 11.0. The molecular formula is C17H28BN3O2. The summed E-state index contributed by atoms with van der Waals surface area (Å²) >= 11 is 0. The predicted molar refractivity (Wildman–Crippen MR) is 91.0 cm³/mol. The van der Waals surface area contributed by atoms with Gasteiger partial charge in [0.25, 0.3) is 6.71 Å². The molecule has 23 heavy (non-hydrogen) atoms. The number of amides is 2. The summed E-state index contributed by atoms with van der Waals surface area (Å²) in [6, 6.07) is -0.141. The number of nitriles is 1. The standard InChI is InChI=1S/C17H28BN3O2/c1-13-7-6-10-21(13)17(23)16(14-8-4-3-5-9-14)20-15(22)11-18(2)12-19/h13-14,16H,3-11H2,1-2H3,(H,20,22). The predicted octanol–water partition coefficient (Wildman–Crippen LogP) is 2.25. The Bertz CT molecular complexity index is 471. The monoisotopic (exact) mass is 317 g/mol. The summed E-state index contributed by atoms with van der Waals surface area (Å²) in [6.07, 6.45) is 7.76. The second-order valence-corrected chi connectivity index (χ2v) is 7.20. The molecule has 0 aromatic rings. The van der Waals surface area contributed by atoms with Crippen molar-refractivity contribution >= 4 is 18.5 Å². The van der Waals surface area contributed by atoms with E-state index in [1.807, 2.05) is 4.90 Å². The summed E-state index contributed by atoms with van der Waals surface area (Å²) in [6.45, 7) is 4.30. The van der Waals surface area contributed by atoms with Crippen molar-refractivity contribution in [3.63, 3.8) is 0 Å². The number of hydrogen-bond donors (Lipinski definition) is 1. The molecule has 5 nitrogen and oxygen atoms in total. The number of rotatable bonds is 5. The van der Waals surface area contributed by atoms with Gasteiger partial charge < -0.3 is 10.2 Å². The molecule has 0 aromatic heterocycles. The molecule has 0 bridgehead atoms. The highest BCUT2D eigenvalue weighted by Crippen LogP contribution is 2.29. The molecule has 126 valence electrons. The summed E-state index contributed by atoms with van der Waals surface area (Å²) in [4.78, 5) is 27.2. The van der Waals surface area contributed by atoms with Gasteiger partial charge >= 0.3 is 0 Å². The minimum absolute atomic E-state index is 0.0832. The normalized spacial score (nSPS) is 23.2. The number of likely N-dealkylation sites (tertiary alicyclic amines) is 1. The molecule has 2 fully saturated rings. The minimum atomic E-state index is -0.408. The SMILES string of the molecule is CB(C#N)CC(=O)NC(C(=O)N1CCCC1C)C1CCCCC1. The van der Waals surface area contributed by atoms with Crippen LogP contribution in [0.3, 0.4) is 0 Å². The van der Waals surface area contributed by atoms with Gasteiger partial charge in [-0.25, -0.2) is 5.26 Å². The van der Waals surface area contributed by atoms with E-state index in [1.54, 1.807) is 6.82 Å². The quantitative estimate of drug-likeness (QED) is 0.790. The van der Waals surface area contributed by atoms with Crippen LogP contribution in [-0.2, 0) is 9.59 Å². The van der Waals surface area contributed by atoms with Crippen LogP contribution in [0.1, 0.15) is 51.9 Å². The van der Waals surface area contributed by atoms with E-state index < -0.39 is 6.04 Å². The number of carbonyl (C=O) groups is 2. The Morgan fingerprint density at radius 1 is 1.26 bits per heavy atom. The average Bonchev–Trinajstić information content (AvgIpc) is 2.98. The van der Waals surface area contributed by atoms with Crippen molar-refractivity contribution in [1.29, 1.82) is 5.26 Å². The molecule has 1 aliphatic heterocycles. The van der Waals surface area contributed by atoms with Crippen LogP contribution in [0.2, 0.25) is 13.1 Å². The number of carbonyl (C=O) groups excluding carboxylic acids is 2. The molecule has 2 aliphatic rings. The van der Waals surface area contributed by atoms with E-state index in [0.717, 1.165) is 45.1 Å². The van der Waals surface area contributed by atoms with Gasteiger partial charge in [0.15, 0.2) is 0 Å². The highest BCUT2D eigenvalue weighted by molar-refractivity contribution is 6.68. The van der Waals surface area contributed by atoms with Gasteiger partial charge in [0, 0.05) is 24.9 Å². The third-order valence-electron chi connectivity index (χ3n) is 5.25. The van der Waals surface area contributed by atoms with E-state index in [9.17, 15) is 9.59 Å². The highest BCUT2D eigenvalue weighted by atomic mass is 16.2. The molecule has 2 rings (SSSR count). The number of hydrogen-bond acceptors (Lipinski definition) is 3. The Balaban J connectivity index is 2.06. The average molecular weight is 317 g/mol. The Morgan fingerprint density at radius 3 is 2.52 bits per heavy atom. The zero-order valence-electron chi connectivity index (χ0n) is 14.4. The Kier molecular flexibility index (Phi) is 6.50. The van der Waals surface area contributed by atoms with Gasteiger partial charge in [-0.3, -0.25) is 9.59 Å². The Morgan fingerprint density at radius 2 is 1.96 bits per heavy atom. The van der Waals surface area contributed by atoms with Crippen LogP contribution in [0.5, 0.6) is 0 Å². The van der Waals surface area contributed by atoms with E-state index in [4.69, 9.17) is 5.26 Å². The highest BCUT2D eigenvalue weighted by Gasteiger charge is 2.36. The topological polar surface area (TPSA) is 73.2 Å². The molecule has 1 aliphatic carbocycles. The van der Waals surface area contributed by atoms with Crippen molar-refractivity contribution in [3.8, 4) is 5.97 Å². The van der Waals surface area contributed by atoms with Crippen molar-refractivity contribution in [2.75, 3.05) is 6.54 Å². The van der Waals surface area contributed by atoms with Gasteiger partial charge in [-0.2, -0.15) is 0 Å². The smallest absolute Gasteiger partial charge is 0.274 e. The van der Waals surface area contributed by atoms with Crippen molar-refractivity contribution < 1.29 is 9.59 Å². The fraction of sp³-hybridized carbons (Fsp3) is 0.824. The first-order valence-corrected chi connectivity index (χ1v) is 9.02. The van der Waals surface area contributed by atoms with Gasteiger partial charge in [-0.05, 0) is 38.5 Å². The van der Waals surface area contributed by atoms with Crippen LogP contribution < -0.4 is 5.32 Å². The molecule has 1 saturated carbocycles. The van der Waals surface area contributed by atoms with Crippen molar-refractivity contribution in [2.45, 2.75) is 77.1 Å². The molecule has 1 saturated heterocycles. The van der Waals surface area contributed by atoms with Crippen LogP contribution in [0, 0.1) is 17.1 Å². The number of nitrogens with one attached hydrogen (secondary N) is 1. The minimum Gasteiger partial charge on any atom is -0.345 e. The lowest BCUT2D eigenvalue weighted by Crippen LogP contribution is -2.53. The second kappa shape index (κ2) is 8.38. The van der Waals surface area contributed by atoms with Crippen LogP contribution in [0.25, 0.3) is 0 Å². The summed E-state index contributed by atoms with van der Waals surface area (Å²) < 4.78 is 0. The van der Waals surface area contributed by atoms with Gasteiger partial charge in [-0.1, -0.05) is 26.1 Å². The van der Waals surface area contributed by atoms with Crippen LogP contribution in [0.4, 0.5) is 0 Å². The van der Waals surface area contributed by atoms with Gasteiger partial charge in [0.1, 0.15) is 6.04 Å². The molecule has 0 radical (unpaired) electrons. The van der Waals surface area contributed by atoms with E-state index in [1.165, 1.54) is 6.42 Å². The van der Waals surface area contributed by atoms with Crippen molar-refractivity contribution in [1.82, 2.24) is 10.2 Å². The van der Waals surface area contributed by atoms with E-state index >= 15 is 0 Å². The molecular weight excluding hydrogens is 289 g/mol. The fourth-order valence-corrected chi connectivity index (χ4v) is 3.84. The maximum Gasteiger partial charge on any atom is 0.274 e. The first-order valence-electron chi connectivity index (χ1n) is 9.02. The molecule has 2 amide bonds. The molecule has 1 heterocycles. The molecule has 2 atom stereocenters. The van der Waals surface area contributed by atoms with Gasteiger partial charge in [0.2, 0.25) is 11.8 Å². The van der Waals surface area contributed by atoms with Gasteiger partial charge in [0.05, 0.1) is 0 Å². The van der Waals surface area contributed by atoms with Crippen LogP contribution >= 0.6 is 0 Å². The molecule has 6 heteroatoms. The second-order valence-electron chi connectivity index (χ2n) is 7.20. The summed E-state index contributed by atoms with van der Waals surface area (Å²) in [5.41, 5.74) is 0. The first kappa shape index (κ1) is 17.8. The maximum absolute atomic E-state index is 13.0. The zero-order chi connectivity index (χ0) is 16.8. The Hall–Kier alpha value is -1.51. The number of nitrogens with zero attached hydrogens (tertiary/aromatic N) is 2. The van der Waals surface area contributed by atoms with Crippen LogP contribution in [-0.4, -0.2) is 42.1 Å². The van der Waals surface area contributed by atoms with E-state index in [0.29, 0.717) is 0 Å². The maximum atomic E-state index is 13.0. The largest absolute Gasteiger partial charge is 0.345 e. The lowest BCUT2D eigenvalue weighted by molar-refractivity contribution is -0.138. The van der Waals surface area contributed by atoms with Crippen molar-refractivity contribution in [3.05, 3.63) is 0 Å². The molecule has 0 spiro atoms. The van der Waals surface area contributed by atoms with Gasteiger partial charge in [-0.15, -0.1) is 0 Å². The summed E-state index contributed by atoms with van der Waals surface area (Å²) in [5, 5.41) is 11.8. The molecule has 0 aromatic carbocycles. The lowest BCUT2D eigenvalue weighted by atomic mass is 9.51. The third-order valence-corrected chi connectivity index (χ3v) is 5.25. The third kappa shape index (κ3) is 4.73. The zero-order valence-corrected chi connectivity index (χ0v) is 14.4. The van der Waals surface area contributed by atoms with E-state index in [-0.39, 0.29) is 36.8 Å². The van der Waals surface area contributed by atoms with Crippen molar-refractivity contribution in [2.24, 2.45) is 5.92 Å².